The van der Waals surface area contributed by atoms with E-state index in [2.05, 4.69) is 55.2 Å². The molecule has 0 spiro atoms. The fourth-order valence-corrected chi connectivity index (χ4v) is 7.22. The number of hydroxylamine groups is 2. The van der Waals surface area contributed by atoms with E-state index in [-0.39, 0.29) is 0 Å². The molecule has 0 radical (unpaired) electrons. The summed E-state index contributed by atoms with van der Waals surface area (Å²) in [5, 5.41) is 20.1. The predicted octanol–water partition coefficient (Wildman–Crippen LogP) is 10.2. The number of aliphatic imine (C=N–C) groups is 2. The maximum absolute atomic E-state index is 9.40. The Morgan fingerprint density at radius 1 is 0.583 bits per heavy atom. The number of halogens is 2. The van der Waals surface area contributed by atoms with E-state index in [0.717, 1.165) is 49.9 Å². The molecule has 2 saturated carbocycles. The van der Waals surface area contributed by atoms with Crippen LogP contribution in [0.1, 0.15) is 87.2 Å². The summed E-state index contributed by atoms with van der Waals surface area (Å²) in [5.41, 5.74) is 8.80. The van der Waals surface area contributed by atoms with Gasteiger partial charge in [0, 0.05) is 47.7 Å². The predicted molar refractivity (Wildman–Crippen MR) is 194 cm³/mol. The topological polar surface area (TPSA) is 115 Å². The van der Waals surface area contributed by atoms with Gasteiger partial charge in [0.1, 0.15) is 11.7 Å². The summed E-state index contributed by atoms with van der Waals surface area (Å²) in [6.45, 7) is 0. The summed E-state index contributed by atoms with van der Waals surface area (Å²) in [5.74, 6) is 3.54. The van der Waals surface area contributed by atoms with Crippen LogP contribution in [0.25, 0.3) is 0 Å². The van der Waals surface area contributed by atoms with E-state index in [1.165, 1.54) is 36.8 Å². The minimum absolute atomic E-state index is 0.542. The van der Waals surface area contributed by atoms with E-state index in [9.17, 15) is 10.4 Å². The van der Waals surface area contributed by atoms with Crippen LogP contribution in [0.2, 0.25) is 10.0 Å². The van der Waals surface area contributed by atoms with Gasteiger partial charge in [-0.05, 0) is 147 Å². The first-order valence-corrected chi connectivity index (χ1v) is 17.5. The Balaban J connectivity index is 0.000000188. The third-order valence-corrected chi connectivity index (χ3v) is 9.89. The smallest absolute Gasteiger partial charge is 0.126 e. The third kappa shape index (κ3) is 11.1. The highest BCUT2D eigenvalue weighted by molar-refractivity contribution is 6.31. The number of hydrogen-bond donors (Lipinski definition) is 4. The van der Waals surface area contributed by atoms with Crippen molar-refractivity contribution in [1.29, 1.82) is 0 Å². The van der Waals surface area contributed by atoms with Gasteiger partial charge in [0.25, 0.3) is 0 Å². The quantitative estimate of drug-likeness (QED) is 0.0833. The van der Waals surface area contributed by atoms with Crippen molar-refractivity contribution < 1.29 is 10.4 Å². The lowest BCUT2D eigenvalue weighted by Gasteiger charge is -2.28. The van der Waals surface area contributed by atoms with Crippen LogP contribution in [0.15, 0.2) is 108 Å². The third-order valence-electron chi connectivity index (χ3n) is 9.42. The van der Waals surface area contributed by atoms with Crippen LogP contribution >= 0.6 is 23.2 Å². The van der Waals surface area contributed by atoms with Gasteiger partial charge in [0.15, 0.2) is 0 Å². The lowest BCUT2D eigenvalue weighted by molar-refractivity contribution is 0.226. The standard InChI is InChI=1S/2C19H22ClN3O/c2*20-17-2-1-3-18(13-17)22-19(23-24)12-14-4-6-15(7-5-14)16-8-10-21-11-9-16/h2*1-3,8-11,13-15,24H,4-7,12H2,(H,22,23). The number of amidine groups is 2. The van der Waals surface area contributed by atoms with Crippen LogP contribution in [0.4, 0.5) is 11.4 Å². The van der Waals surface area contributed by atoms with Crippen molar-refractivity contribution in [3.8, 4) is 0 Å². The van der Waals surface area contributed by atoms with Gasteiger partial charge in [-0.15, -0.1) is 0 Å². The van der Waals surface area contributed by atoms with Gasteiger partial charge in [-0.3, -0.25) is 31.3 Å². The van der Waals surface area contributed by atoms with Gasteiger partial charge in [-0.25, -0.2) is 9.98 Å². The van der Waals surface area contributed by atoms with Crippen LogP contribution in [-0.4, -0.2) is 32.1 Å². The average molecular weight is 688 g/mol. The highest BCUT2D eigenvalue weighted by Gasteiger charge is 2.24. The maximum Gasteiger partial charge on any atom is 0.126 e. The Morgan fingerprint density at radius 3 is 1.29 bits per heavy atom. The van der Waals surface area contributed by atoms with Crippen LogP contribution in [0, 0.1) is 11.8 Å². The van der Waals surface area contributed by atoms with Crippen LogP contribution < -0.4 is 11.0 Å². The second kappa shape index (κ2) is 18.7. The fraction of sp³-hybridized carbons (Fsp3) is 0.368. The van der Waals surface area contributed by atoms with Crippen molar-refractivity contribution >= 4 is 46.2 Å². The molecular weight excluding hydrogens is 643 g/mol. The van der Waals surface area contributed by atoms with E-state index in [1.807, 2.05) is 61.2 Å². The van der Waals surface area contributed by atoms with Crippen molar-refractivity contribution in [1.82, 2.24) is 20.9 Å². The molecule has 8 nitrogen and oxygen atoms in total. The van der Waals surface area contributed by atoms with Crippen molar-refractivity contribution in [2.75, 3.05) is 0 Å². The monoisotopic (exact) mass is 686 g/mol. The van der Waals surface area contributed by atoms with Crippen LogP contribution in [-0.2, 0) is 0 Å². The Hall–Kier alpha value is -3.82. The zero-order valence-electron chi connectivity index (χ0n) is 27.1. The first-order chi connectivity index (χ1) is 23.5. The van der Waals surface area contributed by atoms with Crippen molar-refractivity contribution in [2.24, 2.45) is 21.8 Å². The summed E-state index contributed by atoms with van der Waals surface area (Å²) in [6.07, 6.45) is 18.2. The lowest BCUT2D eigenvalue weighted by atomic mass is 9.77. The maximum atomic E-state index is 9.40. The molecule has 0 atom stereocenters. The number of hydrogen-bond acceptors (Lipinski definition) is 6. The molecule has 0 unspecified atom stereocenters. The molecule has 0 saturated heterocycles. The first-order valence-electron chi connectivity index (χ1n) is 16.8. The summed E-state index contributed by atoms with van der Waals surface area (Å²) < 4.78 is 0. The summed E-state index contributed by atoms with van der Waals surface area (Å²) >= 11 is 12.0. The number of nitrogens with zero attached hydrogens (tertiary/aromatic N) is 4. The molecule has 2 aromatic carbocycles. The molecule has 4 N–H and O–H groups in total. The zero-order valence-corrected chi connectivity index (χ0v) is 28.6. The number of benzene rings is 2. The largest absolute Gasteiger partial charge is 0.290 e. The molecule has 0 amide bonds. The number of rotatable bonds is 8. The number of aromatic nitrogens is 2. The van der Waals surface area contributed by atoms with Crippen LogP contribution in [0.3, 0.4) is 0 Å². The molecule has 48 heavy (non-hydrogen) atoms. The van der Waals surface area contributed by atoms with Gasteiger partial charge >= 0.3 is 0 Å². The molecule has 0 aliphatic heterocycles. The highest BCUT2D eigenvalue weighted by atomic mass is 35.5. The number of nitrogens with one attached hydrogen (secondary N) is 2. The minimum atomic E-state index is 0.542. The molecule has 2 aliphatic rings. The van der Waals surface area contributed by atoms with E-state index in [1.54, 1.807) is 12.1 Å². The van der Waals surface area contributed by atoms with E-state index < -0.39 is 0 Å². The highest BCUT2D eigenvalue weighted by Crippen LogP contribution is 2.38. The van der Waals surface area contributed by atoms with Gasteiger partial charge in [-0.2, -0.15) is 0 Å². The molecule has 2 aliphatic carbocycles. The molecule has 2 fully saturated rings. The molecule has 2 heterocycles. The second-order valence-electron chi connectivity index (χ2n) is 12.7. The Bertz CT molecular complexity index is 1490. The minimum Gasteiger partial charge on any atom is -0.290 e. The lowest BCUT2D eigenvalue weighted by Crippen LogP contribution is -2.24. The molecule has 4 aromatic rings. The number of pyridine rings is 2. The first kappa shape index (κ1) is 35.5. The van der Waals surface area contributed by atoms with E-state index >= 15 is 0 Å². The molecule has 0 bridgehead atoms. The van der Waals surface area contributed by atoms with Crippen molar-refractivity contribution in [3.05, 3.63) is 119 Å². The summed E-state index contributed by atoms with van der Waals surface area (Å²) in [4.78, 5) is 17.1. The molecule has 6 rings (SSSR count). The van der Waals surface area contributed by atoms with Gasteiger partial charge in [-0.1, -0.05) is 35.3 Å². The Labute approximate surface area is 293 Å². The van der Waals surface area contributed by atoms with E-state index in [4.69, 9.17) is 23.2 Å². The Morgan fingerprint density at radius 2 is 0.958 bits per heavy atom. The molecule has 2 aromatic heterocycles. The van der Waals surface area contributed by atoms with Crippen LogP contribution in [0.5, 0.6) is 0 Å². The SMILES string of the molecule is ONC(CC1CCC(c2ccncc2)CC1)=Nc1cccc(Cl)c1.ONC(CC1CCC(c2ccncc2)CC1)=Nc1cccc(Cl)c1. The fourth-order valence-electron chi connectivity index (χ4n) is 6.85. The second-order valence-corrected chi connectivity index (χ2v) is 13.6. The molecular formula is C38H44Cl2N6O2. The van der Waals surface area contributed by atoms with Crippen molar-refractivity contribution in [2.45, 2.75) is 76.0 Å². The average Bonchev–Trinajstić information content (AvgIpc) is 3.13. The van der Waals surface area contributed by atoms with E-state index in [0.29, 0.717) is 45.4 Å². The van der Waals surface area contributed by atoms with Gasteiger partial charge in [0.05, 0.1) is 11.4 Å². The van der Waals surface area contributed by atoms with Crippen molar-refractivity contribution in [3.63, 3.8) is 0 Å². The summed E-state index contributed by atoms with van der Waals surface area (Å²) in [7, 11) is 0. The summed E-state index contributed by atoms with van der Waals surface area (Å²) in [6, 6.07) is 23.1. The molecule has 252 valence electrons. The zero-order chi connectivity index (χ0) is 33.6. The van der Waals surface area contributed by atoms with Gasteiger partial charge < -0.3 is 0 Å². The van der Waals surface area contributed by atoms with Gasteiger partial charge in [0.2, 0.25) is 0 Å². The molecule has 10 heteroatoms. The Kier molecular flexibility index (Phi) is 13.8. The normalized spacial score (nSPS) is 21.5.